The van der Waals surface area contributed by atoms with Gasteiger partial charge in [-0.1, -0.05) is 42.5 Å². The molecule has 1 aromatic heterocycles. The van der Waals surface area contributed by atoms with Crippen LogP contribution < -0.4 is 0 Å². The summed E-state index contributed by atoms with van der Waals surface area (Å²) >= 11 is 0. The molecule has 2 aromatic rings. The van der Waals surface area contributed by atoms with Crippen LogP contribution in [0, 0.1) is 5.92 Å². The van der Waals surface area contributed by atoms with E-state index in [1.807, 2.05) is 59.5 Å². The summed E-state index contributed by atoms with van der Waals surface area (Å²) in [7, 11) is 0. The zero-order chi connectivity index (χ0) is 14.7. The van der Waals surface area contributed by atoms with E-state index in [2.05, 4.69) is 11.6 Å². The van der Waals surface area contributed by atoms with Gasteiger partial charge in [0, 0.05) is 25.1 Å². The Morgan fingerprint density at radius 2 is 1.95 bits per heavy atom. The Labute approximate surface area is 124 Å². The van der Waals surface area contributed by atoms with E-state index in [-0.39, 0.29) is 17.9 Å². The predicted octanol–water partition coefficient (Wildman–Crippen LogP) is 3.21. The van der Waals surface area contributed by atoms with Gasteiger partial charge in [-0.3, -0.25) is 9.78 Å². The molecule has 3 heteroatoms. The Balaban J connectivity index is 2.01. The lowest BCUT2D eigenvalue weighted by Gasteiger charge is -2.28. The molecule has 1 aromatic carbocycles. The quantitative estimate of drug-likeness (QED) is 0.805. The van der Waals surface area contributed by atoms with Crippen LogP contribution in [0.4, 0.5) is 0 Å². The highest BCUT2D eigenvalue weighted by Crippen LogP contribution is 2.33. The van der Waals surface area contributed by atoms with Crippen molar-refractivity contribution in [1.29, 1.82) is 0 Å². The summed E-state index contributed by atoms with van der Waals surface area (Å²) in [6, 6.07) is 15.8. The molecule has 0 N–H and O–H groups in total. The highest BCUT2D eigenvalue weighted by Gasteiger charge is 2.35. The Morgan fingerprint density at radius 1 is 1.19 bits per heavy atom. The van der Waals surface area contributed by atoms with Gasteiger partial charge in [-0.2, -0.15) is 0 Å². The molecule has 1 saturated heterocycles. The number of carbonyl (C=O) groups excluding carboxylic acids is 1. The topological polar surface area (TPSA) is 33.2 Å². The lowest BCUT2D eigenvalue weighted by molar-refractivity contribution is -0.129. The van der Waals surface area contributed by atoms with Crippen LogP contribution >= 0.6 is 0 Å². The second-order valence-corrected chi connectivity index (χ2v) is 5.31. The van der Waals surface area contributed by atoms with Crippen molar-refractivity contribution in [3.05, 3.63) is 78.6 Å². The van der Waals surface area contributed by atoms with Gasteiger partial charge in [0.25, 0.3) is 0 Å². The molecule has 2 unspecified atom stereocenters. The summed E-state index contributed by atoms with van der Waals surface area (Å²) < 4.78 is 0. The Kier molecular flexibility index (Phi) is 3.82. The third-order valence-electron chi connectivity index (χ3n) is 3.92. The van der Waals surface area contributed by atoms with Gasteiger partial charge in [0.15, 0.2) is 0 Å². The molecule has 0 saturated carbocycles. The van der Waals surface area contributed by atoms with Crippen molar-refractivity contribution in [2.24, 2.45) is 5.92 Å². The first kappa shape index (κ1) is 13.6. The van der Waals surface area contributed by atoms with Crippen molar-refractivity contribution >= 4 is 5.91 Å². The number of benzene rings is 1. The fourth-order valence-electron chi connectivity index (χ4n) is 2.85. The molecule has 1 aliphatic rings. The van der Waals surface area contributed by atoms with Crippen LogP contribution in [-0.2, 0) is 4.79 Å². The third kappa shape index (κ3) is 2.72. The van der Waals surface area contributed by atoms with E-state index in [0.717, 1.165) is 11.3 Å². The number of hydrogen-bond donors (Lipinski definition) is 0. The van der Waals surface area contributed by atoms with Crippen LogP contribution in [0.25, 0.3) is 0 Å². The molecule has 0 spiro atoms. The Hall–Kier alpha value is -2.42. The molecule has 2 heterocycles. The summed E-state index contributed by atoms with van der Waals surface area (Å²) in [6.07, 6.45) is 4.19. The second kappa shape index (κ2) is 5.92. The summed E-state index contributed by atoms with van der Waals surface area (Å²) in [5.74, 6) is 0.395. The van der Waals surface area contributed by atoms with E-state index in [4.69, 9.17) is 0 Å². The maximum atomic E-state index is 12.4. The van der Waals surface area contributed by atoms with Crippen LogP contribution in [-0.4, -0.2) is 22.3 Å². The highest BCUT2D eigenvalue weighted by molar-refractivity contribution is 5.80. The average Bonchev–Trinajstić information content (AvgIpc) is 2.91. The largest absolute Gasteiger partial charge is 0.329 e. The van der Waals surface area contributed by atoms with Crippen molar-refractivity contribution in [3.8, 4) is 0 Å². The molecule has 106 valence electrons. The lowest BCUT2D eigenvalue weighted by atomic mass is 10.0. The average molecular weight is 278 g/mol. The van der Waals surface area contributed by atoms with Crippen LogP contribution in [0.2, 0.25) is 0 Å². The fourth-order valence-corrected chi connectivity index (χ4v) is 2.85. The van der Waals surface area contributed by atoms with Gasteiger partial charge in [-0.25, -0.2) is 0 Å². The fraction of sp³-hybridized carbons (Fsp3) is 0.222. The number of rotatable bonds is 4. The van der Waals surface area contributed by atoms with Gasteiger partial charge >= 0.3 is 0 Å². The molecular weight excluding hydrogens is 260 g/mol. The predicted molar refractivity (Wildman–Crippen MR) is 82.5 cm³/mol. The minimum atomic E-state index is -0.121. The second-order valence-electron chi connectivity index (χ2n) is 5.31. The molecule has 1 aliphatic heterocycles. The van der Waals surface area contributed by atoms with Crippen molar-refractivity contribution in [2.45, 2.75) is 12.5 Å². The number of aromatic nitrogens is 1. The number of carbonyl (C=O) groups is 1. The molecule has 1 fully saturated rings. The molecule has 2 atom stereocenters. The van der Waals surface area contributed by atoms with E-state index in [9.17, 15) is 4.79 Å². The molecule has 0 bridgehead atoms. The summed E-state index contributed by atoms with van der Waals surface area (Å²) in [4.78, 5) is 18.8. The standard InChI is InChI=1S/C18H18N2O/c1-2-14-12-17(21)20(13-14)18(15-8-4-3-5-9-15)16-10-6-7-11-19-16/h2-11,14,18H,1,12-13H2. The molecule has 0 radical (unpaired) electrons. The van der Waals surface area contributed by atoms with Gasteiger partial charge in [-0.15, -0.1) is 6.58 Å². The SMILES string of the molecule is C=CC1CC(=O)N(C(c2ccccc2)c2ccccn2)C1. The van der Waals surface area contributed by atoms with Crippen molar-refractivity contribution < 1.29 is 4.79 Å². The molecular formula is C18H18N2O. The first-order chi connectivity index (χ1) is 10.3. The number of pyridine rings is 1. The van der Waals surface area contributed by atoms with Gasteiger partial charge < -0.3 is 4.90 Å². The van der Waals surface area contributed by atoms with Gasteiger partial charge in [0.05, 0.1) is 11.7 Å². The number of hydrogen-bond acceptors (Lipinski definition) is 2. The van der Waals surface area contributed by atoms with Crippen LogP contribution in [0.1, 0.15) is 23.7 Å². The summed E-state index contributed by atoms with van der Waals surface area (Å²) in [5, 5.41) is 0. The first-order valence-corrected chi connectivity index (χ1v) is 7.17. The molecule has 21 heavy (non-hydrogen) atoms. The van der Waals surface area contributed by atoms with Crippen molar-refractivity contribution in [1.82, 2.24) is 9.88 Å². The Bertz CT molecular complexity index is 585. The summed E-state index contributed by atoms with van der Waals surface area (Å²) in [5.41, 5.74) is 2.00. The Morgan fingerprint density at radius 3 is 2.57 bits per heavy atom. The number of amides is 1. The van der Waals surface area contributed by atoms with Crippen molar-refractivity contribution in [2.75, 3.05) is 6.54 Å². The van der Waals surface area contributed by atoms with Crippen LogP contribution in [0.5, 0.6) is 0 Å². The van der Waals surface area contributed by atoms with Crippen LogP contribution in [0.3, 0.4) is 0 Å². The lowest BCUT2D eigenvalue weighted by Crippen LogP contribution is -2.31. The van der Waals surface area contributed by atoms with E-state index >= 15 is 0 Å². The maximum absolute atomic E-state index is 12.4. The molecule has 0 aliphatic carbocycles. The minimum absolute atomic E-state index is 0.121. The minimum Gasteiger partial charge on any atom is -0.329 e. The number of nitrogens with zero attached hydrogens (tertiary/aromatic N) is 2. The van der Waals surface area contributed by atoms with E-state index in [0.29, 0.717) is 13.0 Å². The molecule has 1 amide bonds. The third-order valence-corrected chi connectivity index (χ3v) is 3.92. The van der Waals surface area contributed by atoms with Gasteiger partial charge in [-0.05, 0) is 17.7 Å². The summed E-state index contributed by atoms with van der Waals surface area (Å²) in [6.45, 7) is 4.53. The molecule has 3 rings (SSSR count). The van der Waals surface area contributed by atoms with Crippen LogP contribution in [0.15, 0.2) is 67.4 Å². The van der Waals surface area contributed by atoms with Gasteiger partial charge in [0.2, 0.25) is 5.91 Å². The number of likely N-dealkylation sites (tertiary alicyclic amines) is 1. The van der Waals surface area contributed by atoms with E-state index in [1.165, 1.54) is 0 Å². The van der Waals surface area contributed by atoms with Gasteiger partial charge in [0.1, 0.15) is 0 Å². The smallest absolute Gasteiger partial charge is 0.224 e. The van der Waals surface area contributed by atoms with E-state index < -0.39 is 0 Å². The van der Waals surface area contributed by atoms with Crippen molar-refractivity contribution in [3.63, 3.8) is 0 Å². The zero-order valence-electron chi connectivity index (χ0n) is 11.9. The molecule has 3 nitrogen and oxygen atoms in total. The normalized spacial score (nSPS) is 19.5. The first-order valence-electron chi connectivity index (χ1n) is 7.17. The highest BCUT2D eigenvalue weighted by atomic mass is 16.2. The monoisotopic (exact) mass is 278 g/mol. The van der Waals surface area contributed by atoms with E-state index in [1.54, 1.807) is 6.20 Å². The maximum Gasteiger partial charge on any atom is 0.224 e. The zero-order valence-corrected chi connectivity index (χ0v) is 11.9.